The standard InChI is InChI=1S/C14H23NO/c1-10(2)15-8-7-14(16)13-9-11(3)5-6-12(13)4/h5-6,9-10,14-16H,7-8H2,1-4H3. The largest absolute Gasteiger partial charge is 0.388 e. The van der Waals surface area contributed by atoms with E-state index in [2.05, 4.69) is 44.3 Å². The van der Waals surface area contributed by atoms with E-state index >= 15 is 0 Å². The van der Waals surface area contributed by atoms with Crippen LogP contribution in [-0.4, -0.2) is 17.7 Å². The molecule has 0 bridgehead atoms. The molecule has 0 saturated heterocycles. The molecule has 2 nitrogen and oxygen atoms in total. The van der Waals surface area contributed by atoms with Crippen LogP contribution in [-0.2, 0) is 0 Å². The maximum Gasteiger partial charge on any atom is 0.0804 e. The molecule has 0 aromatic heterocycles. The molecule has 1 rings (SSSR count). The summed E-state index contributed by atoms with van der Waals surface area (Å²) in [5.74, 6) is 0. The first-order valence-electron chi connectivity index (χ1n) is 5.99. The fourth-order valence-electron chi connectivity index (χ4n) is 1.78. The third-order valence-corrected chi connectivity index (χ3v) is 2.76. The first-order chi connectivity index (χ1) is 7.50. The molecule has 0 radical (unpaired) electrons. The summed E-state index contributed by atoms with van der Waals surface area (Å²) >= 11 is 0. The van der Waals surface area contributed by atoms with Crippen molar-refractivity contribution in [3.63, 3.8) is 0 Å². The average Bonchev–Trinajstić information content (AvgIpc) is 2.21. The topological polar surface area (TPSA) is 32.3 Å². The van der Waals surface area contributed by atoms with Crippen molar-refractivity contribution in [3.8, 4) is 0 Å². The van der Waals surface area contributed by atoms with Crippen molar-refractivity contribution in [2.45, 2.75) is 46.3 Å². The van der Waals surface area contributed by atoms with Crippen molar-refractivity contribution >= 4 is 0 Å². The molecule has 0 saturated carbocycles. The number of hydrogen-bond donors (Lipinski definition) is 2. The van der Waals surface area contributed by atoms with Gasteiger partial charge in [-0.05, 0) is 37.9 Å². The predicted octanol–water partition coefficient (Wildman–Crippen LogP) is 2.72. The van der Waals surface area contributed by atoms with Gasteiger partial charge in [-0.15, -0.1) is 0 Å². The second-order valence-electron chi connectivity index (χ2n) is 4.77. The lowest BCUT2D eigenvalue weighted by molar-refractivity contribution is 0.165. The van der Waals surface area contributed by atoms with Crippen molar-refractivity contribution in [2.24, 2.45) is 0 Å². The summed E-state index contributed by atoms with van der Waals surface area (Å²) in [5.41, 5.74) is 3.43. The molecule has 1 aromatic rings. The summed E-state index contributed by atoms with van der Waals surface area (Å²) < 4.78 is 0. The van der Waals surface area contributed by atoms with Gasteiger partial charge in [0.2, 0.25) is 0 Å². The number of hydrogen-bond acceptors (Lipinski definition) is 2. The second-order valence-corrected chi connectivity index (χ2v) is 4.77. The molecule has 0 amide bonds. The van der Waals surface area contributed by atoms with E-state index in [4.69, 9.17) is 0 Å². The van der Waals surface area contributed by atoms with Gasteiger partial charge in [-0.2, -0.15) is 0 Å². The Morgan fingerprint density at radius 2 is 1.94 bits per heavy atom. The second kappa shape index (κ2) is 6.02. The molecule has 0 heterocycles. The Labute approximate surface area is 98.7 Å². The van der Waals surface area contributed by atoms with E-state index in [-0.39, 0.29) is 6.10 Å². The fourth-order valence-corrected chi connectivity index (χ4v) is 1.78. The van der Waals surface area contributed by atoms with Crippen molar-refractivity contribution < 1.29 is 5.11 Å². The van der Waals surface area contributed by atoms with Crippen molar-refractivity contribution in [1.29, 1.82) is 0 Å². The van der Waals surface area contributed by atoms with Crippen molar-refractivity contribution in [2.75, 3.05) is 6.54 Å². The lowest BCUT2D eigenvalue weighted by Crippen LogP contribution is -2.25. The van der Waals surface area contributed by atoms with Crippen LogP contribution in [0.3, 0.4) is 0 Å². The lowest BCUT2D eigenvalue weighted by Gasteiger charge is -2.16. The van der Waals surface area contributed by atoms with Crippen LogP contribution in [0.1, 0.15) is 43.1 Å². The molecule has 0 aliphatic carbocycles. The van der Waals surface area contributed by atoms with Gasteiger partial charge in [0.25, 0.3) is 0 Å². The van der Waals surface area contributed by atoms with E-state index in [1.165, 1.54) is 11.1 Å². The molecule has 0 aliphatic rings. The lowest BCUT2D eigenvalue weighted by atomic mass is 9.99. The summed E-state index contributed by atoms with van der Waals surface area (Å²) in [6.45, 7) is 9.19. The molecule has 90 valence electrons. The van der Waals surface area contributed by atoms with Crippen LogP contribution < -0.4 is 5.32 Å². The summed E-state index contributed by atoms with van der Waals surface area (Å²) in [6, 6.07) is 6.71. The van der Waals surface area contributed by atoms with Crippen LogP contribution in [0.25, 0.3) is 0 Å². The minimum Gasteiger partial charge on any atom is -0.388 e. The molecule has 0 spiro atoms. The molecular formula is C14H23NO. The van der Waals surface area contributed by atoms with Gasteiger partial charge in [-0.1, -0.05) is 37.6 Å². The Hall–Kier alpha value is -0.860. The molecule has 16 heavy (non-hydrogen) atoms. The number of rotatable bonds is 5. The summed E-state index contributed by atoms with van der Waals surface area (Å²) in [4.78, 5) is 0. The number of benzene rings is 1. The van der Waals surface area contributed by atoms with Gasteiger partial charge in [0, 0.05) is 6.04 Å². The van der Waals surface area contributed by atoms with E-state index < -0.39 is 0 Å². The van der Waals surface area contributed by atoms with Crippen molar-refractivity contribution in [3.05, 3.63) is 34.9 Å². The fraction of sp³-hybridized carbons (Fsp3) is 0.571. The van der Waals surface area contributed by atoms with Crippen LogP contribution >= 0.6 is 0 Å². The highest BCUT2D eigenvalue weighted by Crippen LogP contribution is 2.21. The molecule has 2 heteroatoms. The Morgan fingerprint density at radius 1 is 1.25 bits per heavy atom. The van der Waals surface area contributed by atoms with Gasteiger partial charge >= 0.3 is 0 Å². The molecule has 0 aliphatic heterocycles. The Kier molecular flexibility index (Phi) is 4.97. The molecule has 0 fully saturated rings. The van der Waals surface area contributed by atoms with Gasteiger partial charge in [0.05, 0.1) is 6.10 Å². The number of aryl methyl sites for hydroxylation is 2. The Balaban J connectivity index is 2.58. The van der Waals surface area contributed by atoms with Crippen LogP contribution in [0.5, 0.6) is 0 Å². The van der Waals surface area contributed by atoms with E-state index in [9.17, 15) is 5.11 Å². The van der Waals surface area contributed by atoms with E-state index in [1.807, 2.05) is 6.92 Å². The number of nitrogens with one attached hydrogen (secondary N) is 1. The van der Waals surface area contributed by atoms with Gasteiger partial charge < -0.3 is 10.4 Å². The molecule has 1 aromatic carbocycles. The number of aliphatic hydroxyl groups is 1. The van der Waals surface area contributed by atoms with Crippen LogP contribution in [0.15, 0.2) is 18.2 Å². The quantitative estimate of drug-likeness (QED) is 0.801. The van der Waals surface area contributed by atoms with E-state index in [0.717, 1.165) is 18.5 Å². The zero-order valence-corrected chi connectivity index (χ0v) is 10.7. The molecule has 1 atom stereocenters. The minimum atomic E-state index is -0.355. The van der Waals surface area contributed by atoms with Gasteiger partial charge in [-0.3, -0.25) is 0 Å². The summed E-state index contributed by atoms with van der Waals surface area (Å²) in [5, 5.41) is 13.4. The van der Waals surface area contributed by atoms with E-state index in [1.54, 1.807) is 0 Å². The SMILES string of the molecule is Cc1ccc(C)c(C(O)CCNC(C)C)c1. The van der Waals surface area contributed by atoms with Gasteiger partial charge in [0.15, 0.2) is 0 Å². The highest BCUT2D eigenvalue weighted by Gasteiger charge is 2.10. The van der Waals surface area contributed by atoms with Crippen LogP contribution in [0, 0.1) is 13.8 Å². The third-order valence-electron chi connectivity index (χ3n) is 2.76. The predicted molar refractivity (Wildman–Crippen MR) is 68.6 cm³/mol. The number of aliphatic hydroxyl groups excluding tert-OH is 1. The first kappa shape index (κ1) is 13.2. The van der Waals surface area contributed by atoms with E-state index in [0.29, 0.717) is 6.04 Å². The highest BCUT2D eigenvalue weighted by atomic mass is 16.3. The Bertz CT molecular complexity index is 334. The van der Waals surface area contributed by atoms with Crippen LogP contribution in [0.2, 0.25) is 0 Å². The maximum absolute atomic E-state index is 10.1. The monoisotopic (exact) mass is 221 g/mol. The highest BCUT2D eigenvalue weighted by molar-refractivity contribution is 5.32. The first-order valence-corrected chi connectivity index (χ1v) is 5.99. The van der Waals surface area contributed by atoms with Crippen LogP contribution in [0.4, 0.5) is 0 Å². The van der Waals surface area contributed by atoms with Gasteiger partial charge in [-0.25, -0.2) is 0 Å². The maximum atomic E-state index is 10.1. The molecule has 1 unspecified atom stereocenters. The molecule has 2 N–H and O–H groups in total. The smallest absolute Gasteiger partial charge is 0.0804 e. The molecular weight excluding hydrogens is 198 g/mol. The average molecular weight is 221 g/mol. The van der Waals surface area contributed by atoms with Gasteiger partial charge in [0.1, 0.15) is 0 Å². The minimum absolute atomic E-state index is 0.355. The zero-order valence-electron chi connectivity index (χ0n) is 10.7. The summed E-state index contributed by atoms with van der Waals surface area (Å²) in [6.07, 6.45) is 0.411. The zero-order chi connectivity index (χ0) is 12.1. The normalized spacial score (nSPS) is 13.1. The van der Waals surface area contributed by atoms with Crippen molar-refractivity contribution in [1.82, 2.24) is 5.32 Å². The Morgan fingerprint density at radius 3 is 2.56 bits per heavy atom. The summed E-state index contributed by atoms with van der Waals surface area (Å²) in [7, 11) is 0. The third kappa shape index (κ3) is 3.95.